The van der Waals surface area contributed by atoms with Crippen molar-refractivity contribution in [1.29, 1.82) is 0 Å². The molecule has 2 N–H and O–H groups in total. The van der Waals surface area contributed by atoms with Gasteiger partial charge in [-0.05, 0) is 24.6 Å². The molecular weight excluding hydrogens is 228 g/mol. The number of rotatable bonds is 6. The zero-order valence-electron chi connectivity index (χ0n) is 9.17. The van der Waals surface area contributed by atoms with Gasteiger partial charge >= 0.3 is 11.9 Å². The van der Waals surface area contributed by atoms with Crippen molar-refractivity contribution in [3.63, 3.8) is 0 Å². The maximum atomic E-state index is 10.3. The van der Waals surface area contributed by atoms with Gasteiger partial charge in [0.05, 0.1) is 0 Å². The van der Waals surface area contributed by atoms with Crippen LogP contribution in [0.3, 0.4) is 0 Å². The minimum absolute atomic E-state index is 0.327. The van der Waals surface area contributed by atoms with Crippen LogP contribution in [0.1, 0.15) is 5.56 Å². The molecule has 0 aromatic heterocycles. The number of benzene rings is 1. The summed E-state index contributed by atoms with van der Waals surface area (Å²) in [6, 6.07) is 4.71. The van der Waals surface area contributed by atoms with Crippen molar-refractivity contribution in [3.05, 3.63) is 23.8 Å². The Bertz CT molecular complexity index is 390. The van der Waals surface area contributed by atoms with Crippen LogP contribution in [0.4, 0.5) is 0 Å². The van der Waals surface area contributed by atoms with Gasteiger partial charge in [-0.2, -0.15) is 0 Å². The molecule has 1 aromatic carbocycles. The predicted octanol–water partition coefficient (Wildman–Crippen LogP) is 0.922. The lowest BCUT2D eigenvalue weighted by atomic mass is 10.2. The highest BCUT2D eigenvalue weighted by molar-refractivity contribution is 5.69. The first kappa shape index (κ1) is 12.8. The highest BCUT2D eigenvalue weighted by Gasteiger charge is 2.05. The highest BCUT2D eigenvalue weighted by Crippen LogP contribution is 2.22. The van der Waals surface area contributed by atoms with Gasteiger partial charge in [-0.15, -0.1) is 0 Å². The molecule has 0 bridgehead atoms. The fourth-order valence-electron chi connectivity index (χ4n) is 1.17. The second kappa shape index (κ2) is 5.74. The Morgan fingerprint density at radius 2 is 1.41 bits per heavy atom. The Labute approximate surface area is 97.4 Å². The molecule has 0 fully saturated rings. The number of aryl methyl sites for hydroxylation is 1. The van der Waals surface area contributed by atoms with Crippen LogP contribution < -0.4 is 9.47 Å². The van der Waals surface area contributed by atoms with E-state index in [-0.39, 0.29) is 0 Å². The molecule has 0 heterocycles. The third-order valence-electron chi connectivity index (χ3n) is 1.75. The molecule has 1 rings (SSSR count). The number of aliphatic carboxylic acids is 2. The molecular formula is C11H12O6. The summed E-state index contributed by atoms with van der Waals surface area (Å²) in [5, 5.41) is 16.9. The van der Waals surface area contributed by atoms with Gasteiger partial charge in [-0.25, -0.2) is 9.59 Å². The Morgan fingerprint density at radius 1 is 1.00 bits per heavy atom. The van der Waals surface area contributed by atoms with Gasteiger partial charge in [0.15, 0.2) is 13.2 Å². The van der Waals surface area contributed by atoms with Crippen LogP contribution in [-0.2, 0) is 9.59 Å². The van der Waals surface area contributed by atoms with Crippen LogP contribution in [0.15, 0.2) is 18.2 Å². The van der Waals surface area contributed by atoms with Crippen LogP contribution in [0.5, 0.6) is 11.5 Å². The molecule has 0 spiro atoms. The van der Waals surface area contributed by atoms with E-state index in [4.69, 9.17) is 19.7 Å². The van der Waals surface area contributed by atoms with Gasteiger partial charge in [0.1, 0.15) is 11.5 Å². The van der Waals surface area contributed by atoms with Gasteiger partial charge in [-0.3, -0.25) is 0 Å². The molecule has 92 valence electrons. The Morgan fingerprint density at radius 3 is 1.76 bits per heavy atom. The second-order valence-electron chi connectivity index (χ2n) is 3.35. The third kappa shape index (κ3) is 4.87. The normalized spacial score (nSPS) is 9.71. The molecule has 0 saturated carbocycles. The average Bonchev–Trinajstić information content (AvgIpc) is 2.23. The summed E-state index contributed by atoms with van der Waals surface area (Å²) < 4.78 is 9.94. The first-order valence-corrected chi connectivity index (χ1v) is 4.78. The number of carbonyl (C=O) groups is 2. The van der Waals surface area contributed by atoms with Gasteiger partial charge < -0.3 is 19.7 Å². The van der Waals surface area contributed by atoms with E-state index in [0.717, 1.165) is 5.56 Å². The van der Waals surface area contributed by atoms with E-state index in [1.807, 2.05) is 0 Å². The fraction of sp³-hybridized carbons (Fsp3) is 0.273. The molecule has 0 aliphatic heterocycles. The predicted molar refractivity (Wildman–Crippen MR) is 57.4 cm³/mol. The molecule has 6 heteroatoms. The fourth-order valence-corrected chi connectivity index (χ4v) is 1.17. The molecule has 17 heavy (non-hydrogen) atoms. The van der Waals surface area contributed by atoms with Crippen molar-refractivity contribution in [3.8, 4) is 11.5 Å². The maximum Gasteiger partial charge on any atom is 0.341 e. The van der Waals surface area contributed by atoms with E-state index >= 15 is 0 Å². The van der Waals surface area contributed by atoms with E-state index < -0.39 is 25.2 Å². The van der Waals surface area contributed by atoms with Crippen molar-refractivity contribution in [1.82, 2.24) is 0 Å². The number of carboxylic acids is 2. The van der Waals surface area contributed by atoms with Crippen LogP contribution in [0, 0.1) is 6.92 Å². The lowest BCUT2D eigenvalue weighted by Gasteiger charge is -2.08. The summed E-state index contributed by atoms with van der Waals surface area (Å²) in [7, 11) is 0. The lowest BCUT2D eigenvalue weighted by molar-refractivity contribution is -0.140. The molecule has 0 atom stereocenters. The first-order valence-electron chi connectivity index (χ1n) is 4.78. The molecule has 6 nitrogen and oxygen atoms in total. The van der Waals surface area contributed by atoms with Crippen LogP contribution >= 0.6 is 0 Å². The molecule has 0 aliphatic carbocycles. The summed E-state index contributed by atoms with van der Waals surface area (Å²) in [4.78, 5) is 20.6. The van der Waals surface area contributed by atoms with Crippen molar-refractivity contribution in [2.45, 2.75) is 6.92 Å². The summed E-state index contributed by atoms with van der Waals surface area (Å²) in [6.07, 6.45) is 0. The Balaban J connectivity index is 2.71. The number of hydrogen-bond acceptors (Lipinski definition) is 4. The average molecular weight is 240 g/mol. The number of ether oxygens (including phenoxy) is 2. The molecule has 0 saturated heterocycles. The van der Waals surface area contributed by atoms with E-state index in [1.165, 1.54) is 6.07 Å². The monoisotopic (exact) mass is 240 g/mol. The number of hydrogen-bond donors (Lipinski definition) is 2. The zero-order chi connectivity index (χ0) is 12.8. The van der Waals surface area contributed by atoms with Crippen molar-refractivity contribution in [2.75, 3.05) is 13.2 Å². The van der Waals surface area contributed by atoms with Crippen LogP contribution in [0.2, 0.25) is 0 Å². The van der Waals surface area contributed by atoms with Crippen molar-refractivity contribution >= 4 is 11.9 Å². The molecule has 0 amide bonds. The topological polar surface area (TPSA) is 93.1 Å². The minimum Gasteiger partial charge on any atom is -0.482 e. The van der Waals surface area contributed by atoms with Gasteiger partial charge in [0.2, 0.25) is 0 Å². The number of carboxylic acid groups (broad SMARTS) is 2. The van der Waals surface area contributed by atoms with Crippen molar-refractivity contribution < 1.29 is 29.3 Å². The Kier molecular flexibility index (Phi) is 4.33. The molecule has 0 radical (unpaired) electrons. The van der Waals surface area contributed by atoms with Gasteiger partial charge in [0.25, 0.3) is 0 Å². The van der Waals surface area contributed by atoms with Gasteiger partial charge in [0, 0.05) is 6.07 Å². The highest BCUT2D eigenvalue weighted by atomic mass is 16.5. The van der Waals surface area contributed by atoms with Crippen molar-refractivity contribution in [2.24, 2.45) is 0 Å². The summed E-state index contributed by atoms with van der Waals surface area (Å²) >= 11 is 0. The second-order valence-corrected chi connectivity index (χ2v) is 3.35. The van der Waals surface area contributed by atoms with E-state index in [9.17, 15) is 9.59 Å². The molecule has 1 aromatic rings. The van der Waals surface area contributed by atoms with E-state index in [0.29, 0.717) is 11.5 Å². The molecule has 0 unspecified atom stereocenters. The summed E-state index contributed by atoms with van der Waals surface area (Å²) in [6.45, 7) is 0.852. The zero-order valence-corrected chi connectivity index (χ0v) is 9.17. The third-order valence-corrected chi connectivity index (χ3v) is 1.75. The van der Waals surface area contributed by atoms with E-state index in [2.05, 4.69) is 0 Å². The summed E-state index contributed by atoms with van der Waals surface area (Å²) in [5.74, 6) is -1.51. The SMILES string of the molecule is Cc1cc(OCC(=O)O)cc(OCC(=O)O)c1. The Hall–Kier alpha value is -2.24. The van der Waals surface area contributed by atoms with Crippen LogP contribution in [-0.4, -0.2) is 35.4 Å². The quantitative estimate of drug-likeness (QED) is 0.768. The van der Waals surface area contributed by atoms with E-state index in [1.54, 1.807) is 19.1 Å². The first-order chi connectivity index (χ1) is 7.97. The minimum atomic E-state index is -1.08. The smallest absolute Gasteiger partial charge is 0.341 e. The summed E-state index contributed by atoms with van der Waals surface area (Å²) in [5.41, 5.74) is 0.785. The molecule has 0 aliphatic rings. The van der Waals surface area contributed by atoms with Crippen LogP contribution in [0.25, 0.3) is 0 Å². The largest absolute Gasteiger partial charge is 0.482 e. The maximum absolute atomic E-state index is 10.3. The lowest BCUT2D eigenvalue weighted by Crippen LogP contribution is -2.11. The standard InChI is InChI=1S/C11H12O6/c1-7-2-8(16-5-10(12)13)4-9(3-7)17-6-11(14)15/h2-4H,5-6H2,1H3,(H,12,13)(H,14,15). The van der Waals surface area contributed by atoms with Gasteiger partial charge in [-0.1, -0.05) is 0 Å².